The Morgan fingerprint density at radius 1 is 1.32 bits per heavy atom. The highest BCUT2D eigenvalue weighted by Gasteiger charge is 2.27. The van der Waals surface area contributed by atoms with Gasteiger partial charge in [0.2, 0.25) is 5.91 Å². The first-order valence-corrected chi connectivity index (χ1v) is 9.50. The average Bonchev–Trinajstić information content (AvgIpc) is 3.37. The summed E-state index contributed by atoms with van der Waals surface area (Å²) < 4.78 is 2.94. The summed E-state index contributed by atoms with van der Waals surface area (Å²) in [6.07, 6.45) is 7.74. The van der Waals surface area contributed by atoms with Crippen LogP contribution >= 0.6 is 11.3 Å². The van der Waals surface area contributed by atoms with Crippen LogP contribution in [0.2, 0.25) is 0 Å². The Labute approximate surface area is 149 Å². The second-order valence-electron chi connectivity index (χ2n) is 6.49. The van der Waals surface area contributed by atoms with E-state index in [0.29, 0.717) is 12.1 Å². The van der Waals surface area contributed by atoms with E-state index in [1.54, 1.807) is 40.4 Å². The number of amides is 1. The molecule has 3 aromatic rings. The molecule has 0 N–H and O–H groups in total. The van der Waals surface area contributed by atoms with Crippen LogP contribution in [0.15, 0.2) is 46.3 Å². The van der Waals surface area contributed by atoms with E-state index in [4.69, 9.17) is 0 Å². The van der Waals surface area contributed by atoms with Crippen molar-refractivity contribution in [3.05, 3.63) is 57.4 Å². The van der Waals surface area contributed by atoms with Crippen LogP contribution in [0.4, 0.5) is 0 Å². The SMILES string of the molecule is O=C(Cn1ncn2cccc2c1=O)N(Cc1ccsc1)C1CCCC1. The number of fused-ring (bicyclic) bond motifs is 1. The van der Waals surface area contributed by atoms with Crippen molar-refractivity contribution < 1.29 is 4.79 Å². The minimum Gasteiger partial charge on any atom is -0.334 e. The zero-order valence-corrected chi connectivity index (χ0v) is 14.7. The largest absolute Gasteiger partial charge is 0.334 e. The van der Waals surface area contributed by atoms with Gasteiger partial charge in [-0.05, 0) is 47.4 Å². The molecule has 4 rings (SSSR count). The average molecular weight is 356 g/mol. The molecule has 3 heterocycles. The first-order chi connectivity index (χ1) is 12.2. The van der Waals surface area contributed by atoms with Crippen LogP contribution in [0.1, 0.15) is 31.2 Å². The first-order valence-electron chi connectivity index (χ1n) is 8.56. The Morgan fingerprint density at radius 2 is 2.16 bits per heavy atom. The molecular formula is C18H20N4O2S. The number of nitrogens with zero attached hydrogens (tertiary/aromatic N) is 4. The molecule has 1 saturated carbocycles. The Balaban J connectivity index is 1.58. The van der Waals surface area contributed by atoms with Crippen molar-refractivity contribution >= 4 is 22.8 Å². The van der Waals surface area contributed by atoms with Crippen molar-refractivity contribution in [3.63, 3.8) is 0 Å². The van der Waals surface area contributed by atoms with Crippen molar-refractivity contribution in [2.24, 2.45) is 0 Å². The molecule has 0 aliphatic heterocycles. The van der Waals surface area contributed by atoms with E-state index in [9.17, 15) is 9.59 Å². The summed E-state index contributed by atoms with van der Waals surface area (Å²) >= 11 is 1.64. The molecule has 1 aliphatic rings. The van der Waals surface area contributed by atoms with Crippen molar-refractivity contribution in [2.75, 3.05) is 0 Å². The lowest BCUT2D eigenvalue weighted by Crippen LogP contribution is -2.42. The topological polar surface area (TPSA) is 59.6 Å². The molecule has 1 fully saturated rings. The van der Waals surface area contributed by atoms with E-state index in [0.717, 1.165) is 31.2 Å². The van der Waals surface area contributed by atoms with Crippen LogP contribution in [-0.4, -0.2) is 31.0 Å². The van der Waals surface area contributed by atoms with Gasteiger partial charge in [-0.2, -0.15) is 16.4 Å². The Bertz CT molecular complexity index is 922. The number of hydrogen-bond acceptors (Lipinski definition) is 4. The van der Waals surface area contributed by atoms with Gasteiger partial charge in [0.1, 0.15) is 18.4 Å². The standard InChI is InChI=1S/C18H20N4O2S/c23-17(11-22-18(24)16-6-3-8-20(16)13-19-22)21(15-4-1-2-5-15)10-14-7-9-25-12-14/h3,6-9,12-13,15H,1-2,4-5,10-11H2. The van der Waals surface area contributed by atoms with Crippen LogP contribution in [0.5, 0.6) is 0 Å². The number of rotatable bonds is 5. The van der Waals surface area contributed by atoms with Crippen molar-refractivity contribution in [2.45, 2.75) is 44.8 Å². The lowest BCUT2D eigenvalue weighted by Gasteiger charge is -2.29. The molecule has 25 heavy (non-hydrogen) atoms. The van der Waals surface area contributed by atoms with Gasteiger partial charge in [0.25, 0.3) is 5.56 Å². The Hall–Kier alpha value is -2.41. The highest BCUT2D eigenvalue weighted by Crippen LogP contribution is 2.25. The first kappa shape index (κ1) is 16.1. The van der Waals surface area contributed by atoms with Crippen molar-refractivity contribution in [1.82, 2.24) is 19.1 Å². The van der Waals surface area contributed by atoms with Gasteiger partial charge in [0.15, 0.2) is 0 Å². The Morgan fingerprint density at radius 3 is 2.92 bits per heavy atom. The molecular weight excluding hydrogens is 336 g/mol. The zero-order chi connectivity index (χ0) is 17.2. The maximum absolute atomic E-state index is 13.0. The minimum absolute atomic E-state index is 0.0127. The van der Waals surface area contributed by atoms with Gasteiger partial charge in [-0.15, -0.1) is 0 Å². The van der Waals surface area contributed by atoms with Crippen LogP contribution in [0.3, 0.4) is 0 Å². The van der Waals surface area contributed by atoms with Gasteiger partial charge in [-0.25, -0.2) is 4.68 Å². The van der Waals surface area contributed by atoms with Crippen LogP contribution in [0.25, 0.3) is 5.52 Å². The molecule has 3 aromatic heterocycles. The lowest BCUT2D eigenvalue weighted by molar-refractivity contribution is -0.135. The van der Waals surface area contributed by atoms with Gasteiger partial charge in [0, 0.05) is 18.8 Å². The normalized spacial score (nSPS) is 15.0. The van der Waals surface area contributed by atoms with E-state index in [2.05, 4.69) is 16.5 Å². The highest BCUT2D eigenvalue weighted by atomic mass is 32.1. The summed E-state index contributed by atoms with van der Waals surface area (Å²) in [6.45, 7) is 0.594. The summed E-state index contributed by atoms with van der Waals surface area (Å²) in [5.41, 5.74) is 1.45. The second kappa shape index (κ2) is 6.84. The summed E-state index contributed by atoms with van der Waals surface area (Å²) in [5.74, 6) is -0.0383. The quantitative estimate of drug-likeness (QED) is 0.706. The third-order valence-corrected chi connectivity index (χ3v) is 5.58. The molecule has 1 amide bonds. The van der Waals surface area contributed by atoms with Gasteiger partial charge in [-0.1, -0.05) is 12.8 Å². The van der Waals surface area contributed by atoms with Crippen LogP contribution < -0.4 is 5.56 Å². The highest BCUT2D eigenvalue weighted by molar-refractivity contribution is 7.07. The molecule has 0 spiro atoms. The molecule has 0 unspecified atom stereocenters. The molecule has 0 bridgehead atoms. The minimum atomic E-state index is -0.234. The summed E-state index contributed by atoms with van der Waals surface area (Å²) in [4.78, 5) is 27.4. The lowest BCUT2D eigenvalue weighted by atomic mass is 10.2. The molecule has 0 radical (unpaired) electrons. The maximum Gasteiger partial charge on any atom is 0.291 e. The molecule has 0 saturated heterocycles. The fourth-order valence-corrected chi connectivity index (χ4v) is 4.19. The predicted molar refractivity (Wildman–Crippen MR) is 96.6 cm³/mol. The number of hydrogen-bond donors (Lipinski definition) is 0. The summed E-state index contributed by atoms with van der Waals surface area (Å²) in [7, 11) is 0. The molecule has 0 atom stereocenters. The molecule has 130 valence electrons. The fraction of sp³-hybridized carbons (Fsp3) is 0.389. The fourth-order valence-electron chi connectivity index (χ4n) is 3.53. The third kappa shape index (κ3) is 3.24. The maximum atomic E-state index is 13.0. The van der Waals surface area contributed by atoms with E-state index >= 15 is 0 Å². The van der Waals surface area contributed by atoms with E-state index in [-0.39, 0.29) is 24.1 Å². The Kier molecular flexibility index (Phi) is 4.40. The van der Waals surface area contributed by atoms with Gasteiger partial charge < -0.3 is 9.30 Å². The zero-order valence-electron chi connectivity index (χ0n) is 13.9. The summed E-state index contributed by atoms with van der Waals surface area (Å²) in [5, 5.41) is 8.25. The number of carbonyl (C=O) groups is 1. The monoisotopic (exact) mass is 356 g/mol. The van der Waals surface area contributed by atoms with Crippen molar-refractivity contribution in [3.8, 4) is 0 Å². The molecule has 6 nitrogen and oxygen atoms in total. The number of thiophene rings is 1. The molecule has 7 heteroatoms. The number of carbonyl (C=O) groups excluding carboxylic acids is 1. The molecule has 1 aliphatic carbocycles. The summed E-state index contributed by atoms with van der Waals surface area (Å²) in [6, 6.07) is 5.86. The van der Waals surface area contributed by atoms with E-state index in [1.165, 1.54) is 4.68 Å². The van der Waals surface area contributed by atoms with Gasteiger partial charge in [0.05, 0.1) is 0 Å². The number of aromatic nitrogens is 3. The predicted octanol–water partition coefficient (Wildman–Crippen LogP) is 2.53. The van der Waals surface area contributed by atoms with Gasteiger partial charge in [-0.3, -0.25) is 9.59 Å². The smallest absolute Gasteiger partial charge is 0.291 e. The van der Waals surface area contributed by atoms with Crippen LogP contribution in [-0.2, 0) is 17.9 Å². The second-order valence-corrected chi connectivity index (χ2v) is 7.27. The third-order valence-electron chi connectivity index (χ3n) is 4.85. The van der Waals surface area contributed by atoms with Crippen LogP contribution in [0, 0.1) is 0 Å². The molecule has 0 aromatic carbocycles. The van der Waals surface area contributed by atoms with E-state index < -0.39 is 0 Å². The van der Waals surface area contributed by atoms with Gasteiger partial charge >= 0.3 is 0 Å². The van der Waals surface area contributed by atoms with E-state index in [1.807, 2.05) is 10.3 Å². The van der Waals surface area contributed by atoms with Crippen molar-refractivity contribution in [1.29, 1.82) is 0 Å².